The van der Waals surface area contributed by atoms with Crippen LogP contribution in [-0.2, 0) is 11.3 Å². The molecule has 0 spiro atoms. The Balaban J connectivity index is 1.51. The summed E-state index contributed by atoms with van der Waals surface area (Å²) in [6.07, 6.45) is 3.74. The number of hydrogen-bond acceptors (Lipinski definition) is 5. The average Bonchev–Trinajstić information content (AvgIpc) is 3.07. The predicted octanol–water partition coefficient (Wildman–Crippen LogP) is 6.26. The average molecular weight is 448 g/mol. The Morgan fingerprint density at radius 2 is 1.78 bits per heavy atom. The molecule has 0 bridgehead atoms. The Hall–Kier alpha value is -3.25. The van der Waals surface area contributed by atoms with E-state index in [0.29, 0.717) is 23.0 Å². The molecule has 3 aromatic rings. The van der Waals surface area contributed by atoms with E-state index in [1.54, 1.807) is 13.2 Å². The number of imide groups is 1. The first-order valence-corrected chi connectivity index (χ1v) is 11.4. The SMILES string of the molecule is CCCCOc1ccc(/C=C2\SC(=O)N(Cc3ccc4ccccc4c3)C2=O)cc1OC. The molecule has 1 saturated heterocycles. The lowest BCUT2D eigenvalue weighted by Gasteiger charge is -2.13. The van der Waals surface area contributed by atoms with Gasteiger partial charge < -0.3 is 9.47 Å². The van der Waals surface area contributed by atoms with Gasteiger partial charge in [-0.05, 0) is 64.4 Å². The van der Waals surface area contributed by atoms with Crippen LogP contribution < -0.4 is 9.47 Å². The number of benzene rings is 3. The maximum Gasteiger partial charge on any atom is 0.293 e. The number of carbonyl (C=O) groups excluding carboxylic acids is 2. The molecular weight excluding hydrogens is 422 g/mol. The number of carbonyl (C=O) groups is 2. The molecule has 1 aliphatic rings. The van der Waals surface area contributed by atoms with Gasteiger partial charge >= 0.3 is 0 Å². The van der Waals surface area contributed by atoms with Crippen LogP contribution in [0.5, 0.6) is 11.5 Å². The normalized spacial score (nSPS) is 15.1. The molecule has 5 nitrogen and oxygen atoms in total. The zero-order valence-electron chi connectivity index (χ0n) is 18.2. The summed E-state index contributed by atoms with van der Waals surface area (Å²) >= 11 is 0.960. The van der Waals surface area contributed by atoms with Gasteiger partial charge in [0.05, 0.1) is 25.2 Å². The topological polar surface area (TPSA) is 55.8 Å². The molecule has 32 heavy (non-hydrogen) atoms. The summed E-state index contributed by atoms with van der Waals surface area (Å²) in [6, 6.07) is 19.5. The molecule has 0 radical (unpaired) electrons. The van der Waals surface area contributed by atoms with Gasteiger partial charge in [0.1, 0.15) is 0 Å². The highest BCUT2D eigenvalue weighted by molar-refractivity contribution is 8.18. The van der Waals surface area contributed by atoms with E-state index in [4.69, 9.17) is 9.47 Å². The predicted molar refractivity (Wildman–Crippen MR) is 129 cm³/mol. The third-order valence-electron chi connectivity index (χ3n) is 5.27. The summed E-state index contributed by atoms with van der Waals surface area (Å²) in [7, 11) is 1.59. The number of thioether (sulfide) groups is 1. The van der Waals surface area contributed by atoms with Gasteiger partial charge in [-0.15, -0.1) is 0 Å². The minimum Gasteiger partial charge on any atom is -0.493 e. The Morgan fingerprint density at radius 3 is 2.56 bits per heavy atom. The van der Waals surface area contributed by atoms with Crippen molar-refractivity contribution in [1.29, 1.82) is 0 Å². The Labute approximate surface area is 192 Å². The van der Waals surface area contributed by atoms with Gasteiger partial charge in [0.2, 0.25) is 0 Å². The molecule has 1 heterocycles. The van der Waals surface area contributed by atoms with Crippen LogP contribution in [0, 0.1) is 0 Å². The number of rotatable bonds is 8. The van der Waals surface area contributed by atoms with Crippen molar-refractivity contribution < 1.29 is 19.1 Å². The molecule has 0 N–H and O–H groups in total. The second kappa shape index (κ2) is 9.92. The standard InChI is InChI=1S/C26H25NO4S/c1-3-4-13-31-22-12-10-18(15-23(22)30-2)16-24-25(28)27(26(29)32-24)17-19-9-11-20-7-5-6-8-21(20)14-19/h5-12,14-16H,3-4,13,17H2,1-2H3/b24-16-. The maximum atomic E-state index is 12.9. The monoisotopic (exact) mass is 447 g/mol. The van der Waals surface area contributed by atoms with Crippen LogP contribution in [0.4, 0.5) is 4.79 Å². The number of fused-ring (bicyclic) bond motifs is 1. The van der Waals surface area contributed by atoms with Crippen molar-refractivity contribution in [2.45, 2.75) is 26.3 Å². The van der Waals surface area contributed by atoms with Crippen LogP contribution in [0.1, 0.15) is 30.9 Å². The van der Waals surface area contributed by atoms with Gasteiger partial charge in [-0.3, -0.25) is 14.5 Å². The lowest BCUT2D eigenvalue weighted by Crippen LogP contribution is -2.27. The molecule has 3 aromatic carbocycles. The number of hydrogen-bond donors (Lipinski definition) is 0. The summed E-state index contributed by atoms with van der Waals surface area (Å²) < 4.78 is 11.2. The van der Waals surface area contributed by atoms with Crippen molar-refractivity contribution >= 4 is 39.8 Å². The summed E-state index contributed by atoms with van der Waals surface area (Å²) in [4.78, 5) is 27.2. The van der Waals surface area contributed by atoms with Crippen LogP contribution in [-0.4, -0.2) is 29.8 Å². The number of nitrogens with zero attached hydrogens (tertiary/aromatic N) is 1. The van der Waals surface area contributed by atoms with E-state index >= 15 is 0 Å². The zero-order valence-corrected chi connectivity index (χ0v) is 19.0. The fraction of sp³-hybridized carbons (Fsp3) is 0.231. The molecule has 164 valence electrons. The lowest BCUT2D eigenvalue weighted by atomic mass is 10.1. The Bertz CT molecular complexity index is 1190. The van der Waals surface area contributed by atoms with E-state index in [0.717, 1.165) is 46.5 Å². The van der Waals surface area contributed by atoms with Crippen molar-refractivity contribution in [3.8, 4) is 11.5 Å². The molecule has 1 aliphatic heterocycles. The van der Waals surface area contributed by atoms with Gasteiger partial charge in [0.25, 0.3) is 11.1 Å². The largest absolute Gasteiger partial charge is 0.493 e. The highest BCUT2D eigenvalue weighted by Crippen LogP contribution is 2.35. The van der Waals surface area contributed by atoms with Crippen LogP contribution in [0.2, 0.25) is 0 Å². The molecule has 0 unspecified atom stereocenters. The Morgan fingerprint density at radius 1 is 0.969 bits per heavy atom. The van der Waals surface area contributed by atoms with Crippen LogP contribution >= 0.6 is 11.8 Å². The third kappa shape index (κ3) is 4.81. The smallest absolute Gasteiger partial charge is 0.293 e. The first-order valence-electron chi connectivity index (χ1n) is 10.6. The van der Waals surface area contributed by atoms with E-state index in [2.05, 4.69) is 6.92 Å². The summed E-state index contributed by atoms with van der Waals surface area (Å²) in [5.74, 6) is 0.989. The van der Waals surface area contributed by atoms with Gasteiger partial charge in [-0.25, -0.2) is 0 Å². The quantitative estimate of drug-likeness (QED) is 0.301. The molecule has 2 amide bonds. The number of methoxy groups -OCH3 is 1. The van der Waals surface area contributed by atoms with Crippen LogP contribution in [0.3, 0.4) is 0 Å². The fourth-order valence-electron chi connectivity index (χ4n) is 3.53. The summed E-state index contributed by atoms with van der Waals surface area (Å²) in [6.45, 7) is 2.98. The van der Waals surface area contributed by atoms with E-state index < -0.39 is 0 Å². The highest BCUT2D eigenvalue weighted by atomic mass is 32.2. The number of amides is 2. The Kier molecular flexibility index (Phi) is 6.81. The van der Waals surface area contributed by atoms with E-state index in [-0.39, 0.29) is 17.7 Å². The lowest BCUT2D eigenvalue weighted by molar-refractivity contribution is -0.123. The van der Waals surface area contributed by atoms with Crippen molar-refractivity contribution in [3.05, 3.63) is 76.7 Å². The van der Waals surface area contributed by atoms with E-state index in [9.17, 15) is 9.59 Å². The summed E-state index contributed by atoms with van der Waals surface area (Å²) in [5.41, 5.74) is 1.70. The van der Waals surface area contributed by atoms with Crippen molar-refractivity contribution in [1.82, 2.24) is 4.90 Å². The van der Waals surface area contributed by atoms with Crippen molar-refractivity contribution in [2.24, 2.45) is 0 Å². The number of ether oxygens (including phenoxy) is 2. The van der Waals surface area contributed by atoms with Crippen molar-refractivity contribution in [2.75, 3.05) is 13.7 Å². The van der Waals surface area contributed by atoms with Gasteiger partial charge in [-0.2, -0.15) is 0 Å². The zero-order chi connectivity index (χ0) is 22.5. The molecule has 0 saturated carbocycles. The minimum atomic E-state index is -0.282. The molecule has 0 aliphatic carbocycles. The maximum absolute atomic E-state index is 12.9. The van der Waals surface area contributed by atoms with Gasteiger partial charge in [0.15, 0.2) is 11.5 Å². The molecule has 4 rings (SSSR count). The van der Waals surface area contributed by atoms with E-state index in [1.165, 1.54) is 4.90 Å². The molecule has 0 atom stereocenters. The molecular formula is C26H25NO4S. The molecule has 0 aromatic heterocycles. The highest BCUT2D eigenvalue weighted by Gasteiger charge is 2.35. The second-order valence-electron chi connectivity index (χ2n) is 7.56. The van der Waals surface area contributed by atoms with Crippen LogP contribution in [0.15, 0.2) is 65.6 Å². The second-order valence-corrected chi connectivity index (χ2v) is 8.55. The van der Waals surface area contributed by atoms with Crippen LogP contribution in [0.25, 0.3) is 16.8 Å². The third-order valence-corrected chi connectivity index (χ3v) is 6.18. The molecule has 6 heteroatoms. The van der Waals surface area contributed by atoms with Gasteiger partial charge in [-0.1, -0.05) is 55.8 Å². The fourth-order valence-corrected chi connectivity index (χ4v) is 4.37. The summed E-state index contributed by atoms with van der Waals surface area (Å²) in [5, 5.41) is 1.95. The van der Waals surface area contributed by atoms with Crippen molar-refractivity contribution in [3.63, 3.8) is 0 Å². The number of unbranched alkanes of at least 4 members (excludes halogenated alkanes) is 1. The van der Waals surface area contributed by atoms with E-state index in [1.807, 2.05) is 60.7 Å². The molecule has 1 fully saturated rings. The first kappa shape index (κ1) is 22.0. The van der Waals surface area contributed by atoms with Gasteiger partial charge in [0, 0.05) is 0 Å². The minimum absolute atomic E-state index is 0.250. The first-order chi connectivity index (χ1) is 15.6.